The minimum Gasteiger partial charge on any atom is -0.436 e. The molecule has 1 atom stereocenters. The molecule has 3 rings (SSSR count). The molecule has 0 saturated heterocycles. The molecule has 0 aliphatic heterocycles. The smallest absolute Gasteiger partial charge is 0.252 e. The van der Waals surface area contributed by atoms with Crippen LogP contribution in [0.5, 0.6) is 0 Å². The Morgan fingerprint density at radius 3 is 2.80 bits per heavy atom. The van der Waals surface area contributed by atoms with E-state index in [2.05, 4.69) is 26.2 Å². The number of benzene rings is 2. The molecule has 0 fully saturated rings. The van der Waals surface area contributed by atoms with Gasteiger partial charge in [-0.15, -0.1) is 0 Å². The Morgan fingerprint density at radius 2 is 2.04 bits per heavy atom. The van der Waals surface area contributed by atoms with Gasteiger partial charge in [0.2, 0.25) is 5.89 Å². The van der Waals surface area contributed by atoms with Gasteiger partial charge in [0.15, 0.2) is 5.76 Å². The molecule has 1 aromatic heterocycles. The topological polar surface area (TPSA) is 55.1 Å². The van der Waals surface area contributed by atoms with Crippen LogP contribution in [0.1, 0.15) is 30.6 Å². The summed E-state index contributed by atoms with van der Waals surface area (Å²) in [6.07, 6.45) is 2.56. The lowest BCUT2D eigenvalue weighted by Gasteiger charge is -2.12. The van der Waals surface area contributed by atoms with Gasteiger partial charge in [-0.1, -0.05) is 47.1 Å². The molecule has 4 nitrogen and oxygen atoms in total. The number of hydrogen-bond donors (Lipinski definition) is 1. The third kappa shape index (κ3) is 3.99. The molecular formula is C20H19BrN2O2. The van der Waals surface area contributed by atoms with E-state index in [0.29, 0.717) is 22.8 Å². The minimum atomic E-state index is -0.118. The fourth-order valence-electron chi connectivity index (χ4n) is 2.45. The Kier molecular flexibility index (Phi) is 5.34. The molecule has 0 aliphatic rings. The third-order valence-corrected chi connectivity index (χ3v) is 4.50. The van der Waals surface area contributed by atoms with E-state index in [-0.39, 0.29) is 11.9 Å². The van der Waals surface area contributed by atoms with Gasteiger partial charge >= 0.3 is 0 Å². The lowest BCUT2D eigenvalue weighted by atomic mass is 10.1. The number of nitrogens with zero attached hydrogens (tertiary/aromatic N) is 1. The van der Waals surface area contributed by atoms with E-state index in [4.69, 9.17) is 4.42 Å². The van der Waals surface area contributed by atoms with Gasteiger partial charge in [-0.3, -0.25) is 4.79 Å². The first-order valence-electron chi connectivity index (χ1n) is 8.20. The number of oxazole rings is 1. The van der Waals surface area contributed by atoms with Crippen LogP contribution in [-0.2, 0) is 0 Å². The minimum absolute atomic E-state index is 0.113. The molecule has 0 spiro atoms. The summed E-state index contributed by atoms with van der Waals surface area (Å²) in [5.41, 5.74) is 2.17. The van der Waals surface area contributed by atoms with Gasteiger partial charge < -0.3 is 9.73 Å². The van der Waals surface area contributed by atoms with Crippen molar-refractivity contribution in [1.82, 2.24) is 10.3 Å². The zero-order chi connectivity index (χ0) is 17.8. The van der Waals surface area contributed by atoms with Crippen molar-refractivity contribution in [3.63, 3.8) is 0 Å². The van der Waals surface area contributed by atoms with E-state index >= 15 is 0 Å². The van der Waals surface area contributed by atoms with E-state index in [1.54, 1.807) is 12.3 Å². The van der Waals surface area contributed by atoms with E-state index in [1.807, 2.05) is 56.3 Å². The molecular weight excluding hydrogens is 380 g/mol. The molecule has 1 N–H and O–H groups in total. The van der Waals surface area contributed by atoms with Crippen LogP contribution in [0.3, 0.4) is 0 Å². The summed E-state index contributed by atoms with van der Waals surface area (Å²) in [5.74, 6) is 0.977. The molecule has 2 aromatic carbocycles. The molecule has 128 valence electrons. The van der Waals surface area contributed by atoms with Gasteiger partial charge in [0.05, 0.1) is 11.8 Å². The lowest BCUT2D eigenvalue weighted by Crippen LogP contribution is -2.32. The average Bonchev–Trinajstić information content (AvgIpc) is 3.11. The average molecular weight is 399 g/mol. The number of aromatic nitrogens is 1. The second-order valence-corrected chi connectivity index (χ2v) is 6.78. The molecule has 3 aromatic rings. The summed E-state index contributed by atoms with van der Waals surface area (Å²) in [4.78, 5) is 16.9. The van der Waals surface area contributed by atoms with Crippen LogP contribution in [0, 0.1) is 0 Å². The van der Waals surface area contributed by atoms with Crippen LogP contribution in [0.2, 0.25) is 0 Å². The molecule has 1 amide bonds. The Balaban J connectivity index is 1.94. The van der Waals surface area contributed by atoms with Crippen molar-refractivity contribution in [3.8, 4) is 22.8 Å². The lowest BCUT2D eigenvalue weighted by molar-refractivity contribution is 0.0939. The summed E-state index contributed by atoms with van der Waals surface area (Å²) in [6, 6.07) is 15.3. The van der Waals surface area contributed by atoms with Crippen molar-refractivity contribution in [2.45, 2.75) is 26.3 Å². The van der Waals surface area contributed by atoms with Crippen molar-refractivity contribution < 1.29 is 9.21 Å². The van der Waals surface area contributed by atoms with Gasteiger partial charge in [0, 0.05) is 21.6 Å². The number of hydrogen-bond acceptors (Lipinski definition) is 3. The Bertz CT molecular complexity index is 889. The fourth-order valence-corrected chi connectivity index (χ4v) is 2.84. The number of rotatable bonds is 5. The Hall–Kier alpha value is -2.40. The summed E-state index contributed by atoms with van der Waals surface area (Å²) < 4.78 is 6.89. The fraction of sp³-hybridized carbons (Fsp3) is 0.200. The Labute approximate surface area is 155 Å². The van der Waals surface area contributed by atoms with Crippen LogP contribution in [0.15, 0.2) is 63.6 Å². The van der Waals surface area contributed by atoms with Gasteiger partial charge in [-0.05, 0) is 37.6 Å². The van der Waals surface area contributed by atoms with Crippen LogP contribution in [-0.4, -0.2) is 16.9 Å². The van der Waals surface area contributed by atoms with Crippen LogP contribution >= 0.6 is 15.9 Å². The third-order valence-electron chi connectivity index (χ3n) is 4.01. The van der Waals surface area contributed by atoms with Crippen LogP contribution in [0.25, 0.3) is 22.8 Å². The number of carbonyl (C=O) groups excluding carboxylic acids is 1. The monoisotopic (exact) mass is 398 g/mol. The largest absolute Gasteiger partial charge is 0.436 e. The SMILES string of the molecule is CCC(C)NC(=O)c1ccccc1-c1ncc(-c2cccc(Br)c2)o1. The second-order valence-electron chi connectivity index (χ2n) is 5.87. The van der Waals surface area contributed by atoms with Crippen LogP contribution < -0.4 is 5.32 Å². The molecule has 5 heteroatoms. The van der Waals surface area contributed by atoms with Crippen molar-refractivity contribution in [3.05, 3.63) is 64.8 Å². The number of carbonyl (C=O) groups is 1. The molecule has 0 aliphatic carbocycles. The maximum absolute atomic E-state index is 12.5. The summed E-state index contributed by atoms with van der Waals surface area (Å²) >= 11 is 3.46. The van der Waals surface area contributed by atoms with Gasteiger partial charge in [0.1, 0.15) is 0 Å². The predicted molar refractivity (Wildman–Crippen MR) is 102 cm³/mol. The number of halogens is 1. The predicted octanol–water partition coefficient (Wildman–Crippen LogP) is 5.30. The molecule has 0 bridgehead atoms. The van der Waals surface area contributed by atoms with Crippen molar-refractivity contribution in [1.29, 1.82) is 0 Å². The molecule has 0 saturated carbocycles. The standard InChI is InChI=1S/C20H19BrN2O2/c1-3-13(2)23-19(24)16-9-4-5-10-17(16)20-22-12-18(25-20)14-7-6-8-15(21)11-14/h4-13H,3H2,1-2H3,(H,23,24). The highest BCUT2D eigenvalue weighted by atomic mass is 79.9. The zero-order valence-electron chi connectivity index (χ0n) is 14.1. The van der Waals surface area contributed by atoms with E-state index in [1.165, 1.54) is 0 Å². The summed E-state index contributed by atoms with van der Waals surface area (Å²) in [5, 5.41) is 2.99. The quantitative estimate of drug-likeness (QED) is 0.634. The Morgan fingerprint density at radius 1 is 1.24 bits per heavy atom. The maximum atomic E-state index is 12.5. The molecule has 25 heavy (non-hydrogen) atoms. The highest BCUT2D eigenvalue weighted by molar-refractivity contribution is 9.10. The zero-order valence-corrected chi connectivity index (χ0v) is 15.7. The van der Waals surface area contributed by atoms with Crippen LogP contribution in [0.4, 0.5) is 0 Å². The van der Waals surface area contributed by atoms with Gasteiger partial charge in [0.25, 0.3) is 5.91 Å². The normalized spacial score (nSPS) is 12.0. The molecule has 1 heterocycles. The highest BCUT2D eigenvalue weighted by Crippen LogP contribution is 2.29. The van der Waals surface area contributed by atoms with Gasteiger partial charge in [-0.2, -0.15) is 0 Å². The highest BCUT2D eigenvalue weighted by Gasteiger charge is 2.17. The summed E-state index contributed by atoms with van der Waals surface area (Å²) in [7, 11) is 0. The number of amides is 1. The summed E-state index contributed by atoms with van der Waals surface area (Å²) in [6.45, 7) is 4.02. The van der Waals surface area contributed by atoms with E-state index in [9.17, 15) is 4.79 Å². The first-order valence-corrected chi connectivity index (χ1v) is 8.99. The second kappa shape index (κ2) is 7.66. The first kappa shape index (κ1) is 17.4. The maximum Gasteiger partial charge on any atom is 0.252 e. The van der Waals surface area contributed by atoms with Crippen molar-refractivity contribution in [2.24, 2.45) is 0 Å². The number of nitrogens with one attached hydrogen (secondary N) is 1. The molecule has 1 unspecified atom stereocenters. The van der Waals surface area contributed by atoms with E-state index in [0.717, 1.165) is 16.5 Å². The van der Waals surface area contributed by atoms with Crippen molar-refractivity contribution >= 4 is 21.8 Å². The van der Waals surface area contributed by atoms with Crippen molar-refractivity contribution in [2.75, 3.05) is 0 Å². The first-order chi connectivity index (χ1) is 12.1. The van der Waals surface area contributed by atoms with E-state index < -0.39 is 0 Å². The molecule has 0 radical (unpaired) electrons. The van der Waals surface area contributed by atoms with Gasteiger partial charge in [-0.25, -0.2) is 4.98 Å².